The lowest BCUT2D eigenvalue weighted by atomic mass is 10.2. The molecule has 6 nitrogen and oxygen atoms in total. The summed E-state index contributed by atoms with van der Waals surface area (Å²) in [5.41, 5.74) is 6.68. The van der Waals surface area contributed by atoms with Gasteiger partial charge in [0.05, 0.1) is 4.92 Å². The van der Waals surface area contributed by atoms with Crippen molar-refractivity contribution in [3.63, 3.8) is 0 Å². The third-order valence-corrected chi connectivity index (χ3v) is 3.95. The summed E-state index contributed by atoms with van der Waals surface area (Å²) in [4.78, 5) is 15.3. The molecule has 0 unspecified atom stereocenters. The smallest absolute Gasteiger partial charge is 0.315 e. The van der Waals surface area contributed by atoms with Crippen molar-refractivity contribution in [3.05, 3.63) is 28.3 Å². The number of nitrogens with two attached hydrogens (primary N) is 1. The maximum Gasteiger partial charge on any atom is 0.315 e. The molecular formula is C13H18N4O2. The highest BCUT2D eigenvalue weighted by Gasteiger charge is 2.32. The maximum atomic E-state index is 11.2. The van der Waals surface area contributed by atoms with Crippen LogP contribution < -0.4 is 10.6 Å². The summed E-state index contributed by atoms with van der Waals surface area (Å²) in [6, 6.07) is 5.92. The molecule has 2 N–H and O–H groups in total. The minimum absolute atomic E-state index is 0.0439. The van der Waals surface area contributed by atoms with E-state index < -0.39 is 0 Å². The Morgan fingerprint density at radius 3 is 2.47 bits per heavy atom. The van der Waals surface area contributed by atoms with Gasteiger partial charge in [-0.1, -0.05) is 6.07 Å². The average Bonchev–Trinajstić information content (AvgIpc) is 3.22. The predicted octanol–water partition coefficient (Wildman–Crippen LogP) is 1.46. The fourth-order valence-electron chi connectivity index (χ4n) is 2.77. The molecule has 1 heterocycles. The maximum absolute atomic E-state index is 11.2. The summed E-state index contributed by atoms with van der Waals surface area (Å²) < 4.78 is 0. The number of anilines is 2. The number of nitro groups is 1. The molecule has 1 aromatic rings. The standard InChI is InChI=1S/C13H18N4O2/c14-11-2-1-3-12(13(11)17(18)19)16-8-6-15(7-9-16)10-4-5-10/h1-3,10H,4-9,14H2. The van der Waals surface area contributed by atoms with E-state index in [4.69, 9.17) is 5.73 Å². The zero-order valence-corrected chi connectivity index (χ0v) is 10.8. The van der Waals surface area contributed by atoms with Crippen LogP contribution in [0.5, 0.6) is 0 Å². The van der Waals surface area contributed by atoms with Crippen LogP contribution in [-0.4, -0.2) is 42.0 Å². The van der Waals surface area contributed by atoms with Crippen molar-refractivity contribution < 1.29 is 4.92 Å². The minimum Gasteiger partial charge on any atom is -0.393 e. The highest BCUT2D eigenvalue weighted by atomic mass is 16.6. The summed E-state index contributed by atoms with van der Waals surface area (Å²) in [7, 11) is 0. The first-order valence-electron chi connectivity index (χ1n) is 6.68. The average molecular weight is 262 g/mol. The number of piperazine rings is 1. The normalized spacial score (nSPS) is 20.5. The van der Waals surface area contributed by atoms with Gasteiger partial charge in [0.15, 0.2) is 0 Å². The lowest BCUT2D eigenvalue weighted by Gasteiger charge is -2.35. The van der Waals surface area contributed by atoms with Gasteiger partial charge in [-0.25, -0.2) is 0 Å². The Kier molecular flexibility index (Phi) is 3.02. The zero-order chi connectivity index (χ0) is 13.4. The second-order valence-corrected chi connectivity index (χ2v) is 5.23. The van der Waals surface area contributed by atoms with Crippen LogP contribution in [0.1, 0.15) is 12.8 Å². The van der Waals surface area contributed by atoms with Crippen molar-refractivity contribution in [3.8, 4) is 0 Å². The van der Waals surface area contributed by atoms with E-state index in [1.807, 2.05) is 0 Å². The lowest BCUT2D eigenvalue weighted by Crippen LogP contribution is -2.47. The molecule has 0 amide bonds. The van der Waals surface area contributed by atoms with E-state index in [1.54, 1.807) is 18.2 Å². The van der Waals surface area contributed by atoms with Gasteiger partial charge in [0, 0.05) is 32.2 Å². The Bertz CT molecular complexity index is 493. The SMILES string of the molecule is Nc1cccc(N2CCN(C3CC3)CC2)c1[N+](=O)[O-]. The van der Waals surface area contributed by atoms with Crippen molar-refractivity contribution in [2.45, 2.75) is 18.9 Å². The topological polar surface area (TPSA) is 75.6 Å². The van der Waals surface area contributed by atoms with E-state index in [1.165, 1.54) is 12.8 Å². The highest BCUT2D eigenvalue weighted by Crippen LogP contribution is 2.35. The lowest BCUT2D eigenvalue weighted by molar-refractivity contribution is -0.383. The number of hydrogen-bond donors (Lipinski definition) is 1. The summed E-state index contributed by atoms with van der Waals surface area (Å²) in [5.74, 6) is 0. The minimum atomic E-state index is -0.377. The summed E-state index contributed by atoms with van der Waals surface area (Å²) in [5, 5.41) is 11.2. The molecule has 0 atom stereocenters. The predicted molar refractivity (Wildman–Crippen MR) is 74.3 cm³/mol. The second kappa shape index (κ2) is 4.70. The van der Waals surface area contributed by atoms with Gasteiger partial charge in [0.25, 0.3) is 0 Å². The molecule has 0 aromatic heterocycles. The van der Waals surface area contributed by atoms with Gasteiger partial charge >= 0.3 is 5.69 Å². The van der Waals surface area contributed by atoms with Crippen LogP contribution in [0, 0.1) is 10.1 Å². The largest absolute Gasteiger partial charge is 0.393 e. The van der Waals surface area contributed by atoms with E-state index in [-0.39, 0.29) is 16.3 Å². The Morgan fingerprint density at radius 2 is 1.89 bits per heavy atom. The number of nitro benzene ring substituents is 1. The molecule has 2 aliphatic rings. The molecule has 3 rings (SSSR count). The van der Waals surface area contributed by atoms with Crippen molar-refractivity contribution in [1.29, 1.82) is 0 Å². The van der Waals surface area contributed by atoms with E-state index in [2.05, 4.69) is 9.80 Å². The molecular weight excluding hydrogens is 244 g/mol. The number of nitrogens with zero attached hydrogens (tertiary/aromatic N) is 3. The number of nitrogen functional groups attached to an aromatic ring is 1. The third-order valence-electron chi connectivity index (χ3n) is 3.95. The first-order chi connectivity index (χ1) is 9.16. The first kappa shape index (κ1) is 12.2. The monoisotopic (exact) mass is 262 g/mol. The van der Waals surface area contributed by atoms with Crippen LogP contribution >= 0.6 is 0 Å². The Morgan fingerprint density at radius 1 is 1.21 bits per heavy atom. The zero-order valence-electron chi connectivity index (χ0n) is 10.8. The fourth-order valence-corrected chi connectivity index (χ4v) is 2.77. The molecule has 1 saturated carbocycles. The van der Waals surface area contributed by atoms with E-state index in [0.29, 0.717) is 5.69 Å². The van der Waals surface area contributed by atoms with Gasteiger partial charge in [-0.2, -0.15) is 0 Å². The molecule has 0 bridgehead atoms. The van der Waals surface area contributed by atoms with Crippen molar-refractivity contribution in [2.24, 2.45) is 0 Å². The van der Waals surface area contributed by atoms with Gasteiger partial charge in [0.2, 0.25) is 0 Å². The number of rotatable bonds is 3. The van der Waals surface area contributed by atoms with Crippen LogP contribution in [0.3, 0.4) is 0 Å². The van der Waals surface area contributed by atoms with Gasteiger partial charge in [0.1, 0.15) is 11.4 Å². The van der Waals surface area contributed by atoms with Gasteiger partial charge in [-0.3, -0.25) is 15.0 Å². The molecule has 1 aromatic carbocycles. The molecule has 19 heavy (non-hydrogen) atoms. The van der Waals surface area contributed by atoms with Crippen LogP contribution in [0.4, 0.5) is 17.1 Å². The summed E-state index contributed by atoms with van der Waals surface area (Å²) in [6.07, 6.45) is 2.61. The van der Waals surface area contributed by atoms with Gasteiger partial charge < -0.3 is 10.6 Å². The van der Waals surface area contributed by atoms with Crippen molar-refractivity contribution in [1.82, 2.24) is 4.90 Å². The summed E-state index contributed by atoms with van der Waals surface area (Å²) in [6.45, 7) is 3.63. The van der Waals surface area contributed by atoms with Crippen LogP contribution in [0.2, 0.25) is 0 Å². The Labute approximate surface area is 111 Å². The number of benzene rings is 1. The third kappa shape index (κ3) is 2.35. The molecule has 102 valence electrons. The van der Waals surface area contributed by atoms with E-state index >= 15 is 0 Å². The number of para-hydroxylation sites is 1. The van der Waals surface area contributed by atoms with E-state index in [9.17, 15) is 10.1 Å². The Balaban J connectivity index is 1.79. The van der Waals surface area contributed by atoms with E-state index in [0.717, 1.165) is 32.2 Å². The second-order valence-electron chi connectivity index (χ2n) is 5.23. The van der Waals surface area contributed by atoms with Gasteiger partial charge in [-0.15, -0.1) is 0 Å². The Hall–Kier alpha value is -1.82. The molecule has 0 radical (unpaired) electrons. The van der Waals surface area contributed by atoms with Crippen LogP contribution in [0.15, 0.2) is 18.2 Å². The molecule has 2 fully saturated rings. The van der Waals surface area contributed by atoms with Crippen molar-refractivity contribution >= 4 is 17.1 Å². The first-order valence-corrected chi connectivity index (χ1v) is 6.68. The highest BCUT2D eigenvalue weighted by molar-refractivity contribution is 5.75. The quantitative estimate of drug-likeness (QED) is 0.507. The van der Waals surface area contributed by atoms with Crippen LogP contribution in [0.25, 0.3) is 0 Å². The molecule has 1 aliphatic carbocycles. The molecule has 1 saturated heterocycles. The molecule has 1 aliphatic heterocycles. The van der Waals surface area contributed by atoms with Crippen LogP contribution in [-0.2, 0) is 0 Å². The summed E-state index contributed by atoms with van der Waals surface area (Å²) >= 11 is 0. The number of hydrogen-bond acceptors (Lipinski definition) is 5. The van der Waals surface area contributed by atoms with Gasteiger partial charge in [-0.05, 0) is 25.0 Å². The molecule has 6 heteroatoms. The van der Waals surface area contributed by atoms with Crippen molar-refractivity contribution in [2.75, 3.05) is 36.8 Å². The fraction of sp³-hybridized carbons (Fsp3) is 0.538. The molecule has 0 spiro atoms.